The van der Waals surface area contributed by atoms with Gasteiger partial charge in [0.1, 0.15) is 11.5 Å². The summed E-state index contributed by atoms with van der Waals surface area (Å²) in [5, 5.41) is 0. The molecule has 1 saturated heterocycles. The first-order chi connectivity index (χ1) is 16.7. The average Bonchev–Trinajstić information content (AvgIpc) is 3.43. The summed E-state index contributed by atoms with van der Waals surface area (Å²) < 4.78 is 0. The highest BCUT2D eigenvalue weighted by Gasteiger charge is 2.46. The maximum atomic E-state index is 6.76. The molecular weight excluding hydrogens is 434 g/mol. The molecule has 0 unspecified atom stereocenters. The fraction of sp³-hybridized carbons (Fsp3) is 0.429. The van der Waals surface area contributed by atoms with Crippen LogP contribution in [-0.4, -0.2) is 40.4 Å². The monoisotopic (exact) mass is 467 g/mol. The molecule has 4 aliphatic rings. The van der Waals surface area contributed by atoms with Crippen LogP contribution in [0.2, 0.25) is 0 Å². The highest BCUT2D eigenvalue weighted by Crippen LogP contribution is 2.50. The third-order valence-corrected chi connectivity index (χ3v) is 8.31. The van der Waals surface area contributed by atoms with Crippen molar-refractivity contribution in [2.24, 2.45) is 16.1 Å². The molecule has 7 rings (SSSR count). The van der Waals surface area contributed by atoms with Crippen molar-refractivity contribution in [3.05, 3.63) is 77.0 Å². The number of fused-ring (bicyclic) bond motifs is 3. The number of rotatable bonds is 1. The largest absolute Gasteiger partial charge is 0.355 e. The summed E-state index contributed by atoms with van der Waals surface area (Å²) in [5.41, 5.74) is 13.9. The van der Waals surface area contributed by atoms with E-state index in [0.29, 0.717) is 6.54 Å². The van der Waals surface area contributed by atoms with Crippen LogP contribution in [0.15, 0.2) is 53.8 Å². The topological polar surface area (TPSA) is 83.5 Å². The van der Waals surface area contributed by atoms with E-state index in [9.17, 15) is 0 Å². The average molecular weight is 468 g/mol. The van der Waals surface area contributed by atoms with E-state index in [4.69, 9.17) is 20.7 Å². The first-order valence-corrected chi connectivity index (χ1v) is 12.4. The van der Waals surface area contributed by atoms with Crippen molar-refractivity contribution in [2.45, 2.75) is 52.1 Å². The van der Waals surface area contributed by atoms with Crippen molar-refractivity contribution >= 4 is 17.3 Å². The zero-order valence-corrected chi connectivity index (χ0v) is 19.3. The standard InChI is InChI=1S/C27H29N7.CH4/c28-25-19-6-2-1-5-18(19)15-27(25)9-13-33(14-10-27)23-17-30-24-21(32-23)16-31-26(24)34-12-4-7-20-22(34)8-3-11-29-20;/h1-3,5-6,8,11,17,25H,4,7,9-10,12-16,28H2;1H4/t25-;/m0./s1. The van der Waals surface area contributed by atoms with Gasteiger partial charge in [0.15, 0.2) is 5.84 Å². The van der Waals surface area contributed by atoms with Crippen LogP contribution in [0.5, 0.6) is 0 Å². The molecule has 3 aromatic rings. The molecule has 3 aliphatic heterocycles. The number of hydrogen-bond donors (Lipinski definition) is 1. The molecule has 7 heteroatoms. The molecule has 1 aromatic carbocycles. The van der Waals surface area contributed by atoms with Crippen molar-refractivity contribution in [1.29, 1.82) is 0 Å². The van der Waals surface area contributed by atoms with E-state index in [1.165, 1.54) is 11.1 Å². The molecule has 35 heavy (non-hydrogen) atoms. The Morgan fingerprint density at radius 1 is 0.971 bits per heavy atom. The SMILES string of the molecule is C.N[C@H]1c2ccccc2CC12CCN(c1cnc3c(n1)CN=C3N1CCCc3ncccc31)CC2. The van der Waals surface area contributed by atoms with Crippen LogP contribution in [-0.2, 0) is 19.4 Å². The third-order valence-electron chi connectivity index (χ3n) is 8.31. The van der Waals surface area contributed by atoms with Crippen LogP contribution in [0.3, 0.4) is 0 Å². The molecule has 5 heterocycles. The number of hydrogen-bond acceptors (Lipinski definition) is 7. The summed E-state index contributed by atoms with van der Waals surface area (Å²) in [6.07, 6.45) is 9.17. The van der Waals surface area contributed by atoms with Gasteiger partial charge >= 0.3 is 0 Å². The Kier molecular flexibility index (Phi) is 5.33. The molecule has 2 N–H and O–H groups in total. The molecule has 0 saturated carbocycles. The van der Waals surface area contributed by atoms with Crippen LogP contribution >= 0.6 is 0 Å². The lowest BCUT2D eigenvalue weighted by Crippen LogP contribution is -2.44. The first-order valence-electron chi connectivity index (χ1n) is 12.4. The second kappa shape index (κ2) is 8.41. The molecule has 0 amide bonds. The summed E-state index contributed by atoms with van der Waals surface area (Å²) in [4.78, 5) is 24.0. The molecule has 1 spiro atoms. The Morgan fingerprint density at radius 3 is 2.69 bits per heavy atom. The first kappa shape index (κ1) is 22.2. The second-order valence-electron chi connectivity index (χ2n) is 10.1. The summed E-state index contributed by atoms with van der Waals surface area (Å²) in [5.74, 6) is 1.91. The Labute approximate surface area is 207 Å². The van der Waals surface area contributed by atoms with E-state index in [0.717, 1.165) is 86.2 Å². The zero-order valence-electron chi connectivity index (χ0n) is 19.3. The highest BCUT2D eigenvalue weighted by molar-refractivity contribution is 6.11. The van der Waals surface area contributed by atoms with Gasteiger partial charge < -0.3 is 15.5 Å². The van der Waals surface area contributed by atoms with E-state index >= 15 is 0 Å². The van der Waals surface area contributed by atoms with E-state index in [-0.39, 0.29) is 18.9 Å². The van der Waals surface area contributed by atoms with Gasteiger partial charge in [-0.25, -0.2) is 9.97 Å². The minimum absolute atomic E-state index is 0. The number of aliphatic imine (C=N–C) groups is 1. The van der Waals surface area contributed by atoms with Crippen molar-refractivity contribution < 1.29 is 0 Å². The van der Waals surface area contributed by atoms with E-state index < -0.39 is 0 Å². The molecule has 2 aromatic heterocycles. The fourth-order valence-corrected chi connectivity index (χ4v) is 6.40. The van der Waals surface area contributed by atoms with Gasteiger partial charge in [0.25, 0.3) is 0 Å². The summed E-state index contributed by atoms with van der Waals surface area (Å²) >= 11 is 0. The Hall–Kier alpha value is -3.32. The predicted molar refractivity (Wildman–Crippen MR) is 140 cm³/mol. The number of amidine groups is 1. The summed E-state index contributed by atoms with van der Waals surface area (Å²) in [7, 11) is 0. The van der Waals surface area contributed by atoms with Gasteiger partial charge in [-0.15, -0.1) is 0 Å². The lowest BCUT2D eigenvalue weighted by Gasteiger charge is -2.42. The van der Waals surface area contributed by atoms with E-state index in [1.807, 2.05) is 18.5 Å². The third kappa shape index (κ3) is 3.44. The number of benzene rings is 1. The smallest absolute Gasteiger partial charge is 0.156 e. The van der Waals surface area contributed by atoms with Crippen molar-refractivity contribution in [3.8, 4) is 0 Å². The van der Waals surface area contributed by atoms with Crippen LogP contribution in [0, 0.1) is 5.41 Å². The van der Waals surface area contributed by atoms with Crippen LogP contribution in [0.1, 0.15) is 60.9 Å². The van der Waals surface area contributed by atoms with Crippen LogP contribution in [0.4, 0.5) is 11.5 Å². The lowest BCUT2D eigenvalue weighted by atomic mass is 9.73. The van der Waals surface area contributed by atoms with Crippen LogP contribution in [0.25, 0.3) is 0 Å². The van der Waals surface area contributed by atoms with E-state index in [2.05, 4.69) is 45.1 Å². The number of pyridine rings is 1. The second-order valence-corrected chi connectivity index (χ2v) is 10.1. The van der Waals surface area contributed by atoms with Gasteiger partial charge in [-0.3, -0.25) is 9.98 Å². The van der Waals surface area contributed by atoms with Gasteiger partial charge in [-0.1, -0.05) is 31.7 Å². The molecule has 1 atom stereocenters. The number of anilines is 2. The summed E-state index contributed by atoms with van der Waals surface area (Å²) in [6, 6.07) is 13.0. The van der Waals surface area contributed by atoms with Gasteiger partial charge in [-0.05, 0) is 60.8 Å². The maximum absolute atomic E-state index is 6.76. The number of nitrogens with zero attached hydrogens (tertiary/aromatic N) is 6. The maximum Gasteiger partial charge on any atom is 0.156 e. The quantitative estimate of drug-likeness (QED) is 0.581. The minimum Gasteiger partial charge on any atom is -0.355 e. The number of aromatic nitrogens is 3. The Balaban J connectivity index is 0.00000229. The Morgan fingerprint density at radius 2 is 1.83 bits per heavy atom. The molecule has 1 aliphatic carbocycles. The minimum atomic E-state index is 0. The number of piperidine rings is 1. The summed E-state index contributed by atoms with van der Waals surface area (Å²) in [6.45, 7) is 3.47. The highest BCUT2D eigenvalue weighted by atomic mass is 15.3. The molecule has 0 radical (unpaired) electrons. The number of aryl methyl sites for hydroxylation is 1. The van der Waals surface area contributed by atoms with Gasteiger partial charge in [0.05, 0.1) is 29.8 Å². The molecule has 7 nitrogen and oxygen atoms in total. The molecule has 180 valence electrons. The van der Waals surface area contributed by atoms with Gasteiger partial charge in [0, 0.05) is 31.9 Å². The number of nitrogens with two attached hydrogens (primary N) is 1. The van der Waals surface area contributed by atoms with Crippen molar-refractivity contribution in [1.82, 2.24) is 15.0 Å². The zero-order chi connectivity index (χ0) is 22.7. The van der Waals surface area contributed by atoms with Gasteiger partial charge in [-0.2, -0.15) is 0 Å². The normalized spacial score (nSPS) is 21.7. The predicted octanol–water partition coefficient (Wildman–Crippen LogP) is 4.06. The Bertz CT molecular complexity index is 1290. The molecular formula is C28H33N7. The lowest BCUT2D eigenvalue weighted by molar-refractivity contribution is 0.187. The van der Waals surface area contributed by atoms with Gasteiger partial charge in [0.2, 0.25) is 0 Å². The van der Waals surface area contributed by atoms with Crippen LogP contribution < -0.4 is 15.5 Å². The fourth-order valence-electron chi connectivity index (χ4n) is 6.40. The molecule has 1 fully saturated rings. The molecule has 0 bridgehead atoms. The van der Waals surface area contributed by atoms with Crippen molar-refractivity contribution in [3.63, 3.8) is 0 Å². The van der Waals surface area contributed by atoms with E-state index in [1.54, 1.807) is 0 Å². The van der Waals surface area contributed by atoms with Crippen molar-refractivity contribution in [2.75, 3.05) is 29.4 Å².